The minimum atomic E-state index is -0.990. The van der Waals surface area contributed by atoms with Crippen LogP contribution in [0.2, 0.25) is 0 Å². The average Bonchev–Trinajstić information content (AvgIpc) is 2.94. The molecule has 42 heavy (non-hydrogen) atoms. The molecule has 0 bridgehead atoms. The lowest BCUT2D eigenvalue weighted by Gasteiger charge is -2.08. The van der Waals surface area contributed by atoms with Gasteiger partial charge in [0.25, 0.3) is 0 Å². The summed E-state index contributed by atoms with van der Waals surface area (Å²) in [5.41, 5.74) is -0.467. The molecule has 4 aromatic rings. The quantitative estimate of drug-likeness (QED) is 0.133. The van der Waals surface area contributed by atoms with Crippen LogP contribution in [0.25, 0.3) is 34.9 Å². The van der Waals surface area contributed by atoms with Gasteiger partial charge in [-0.2, -0.15) is 15.8 Å². The first-order valence-corrected chi connectivity index (χ1v) is 12.0. The monoisotopic (exact) mass is 567 g/mol. The molecule has 0 saturated heterocycles. The zero-order chi connectivity index (χ0) is 30.4. The highest BCUT2D eigenvalue weighted by Crippen LogP contribution is 2.28. The van der Waals surface area contributed by atoms with Crippen molar-refractivity contribution in [1.29, 1.82) is 15.8 Å². The Morgan fingerprint density at radius 3 is 0.905 bits per heavy atom. The Balaban J connectivity index is 1.93. The van der Waals surface area contributed by atoms with Crippen molar-refractivity contribution in [2.45, 2.75) is 0 Å². The van der Waals surface area contributed by atoms with E-state index in [2.05, 4.69) is 0 Å². The van der Waals surface area contributed by atoms with Crippen LogP contribution in [0, 0.1) is 68.9 Å². The van der Waals surface area contributed by atoms with Crippen LogP contribution in [0.1, 0.15) is 33.4 Å². The van der Waals surface area contributed by atoms with Crippen LogP contribution in [-0.2, 0) is 0 Å². The third kappa shape index (κ3) is 6.65. The summed E-state index contributed by atoms with van der Waals surface area (Å²) in [6.07, 6.45) is 3.79. The van der Waals surface area contributed by atoms with Crippen molar-refractivity contribution in [3.05, 3.63) is 141 Å². The van der Waals surface area contributed by atoms with Crippen molar-refractivity contribution in [2.75, 3.05) is 0 Å². The van der Waals surface area contributed by atoms with Gasteiger partial charge in [0.15, 0.2) is 0 Å². The van der Waals surface area contributed by atoms with E-state index >= 15 is 0 Å². The molecule has 3 nitrogen and oxygen atoms in total. The first-order valence-electron chi connectivity index (χ1n) is 12.0. The number of hydrogen-bond donors (Lipinski definition) is 0. The summed E-state index contributed by atoms with van der Waals surface area (Å²) in [4.78, 5) is 0. The SMILES string of the molecule is N#C/C(=C\c1cc(/C=C(\C#N)c2ccc(F)cc2F)cc(/C=C(\C#N)c2ccc(F)cc2F)c1)c1ccc(F)cc1F. The van der Waals surface area contributed by atoms with Crippen molar-refractivity contribution >= 4 is 34.9 Å². The van der Waals surface area contributed by atoms with Gasteiger partial charge < -0.3 is 0 Å². The molecule has 0 atom stereocenters. The fourth-order valence-corrected chi connectivity index (χ4v) is 4.09. The summed E-state index contributed by atoms with van der Waals surface area (Å²) in [7, 11) is 0. The number of nitriles is 3. The second-order valence-corrected chi connectivity index (χ2v) is 8.81. The van der Waals surface area contributed by atoms with E-state index in [1.54, 1.807) is 0 Å². The van der Waals surface area contributed by atoms with Crippen molar-refractivity contribution in [1.82, 2.24) is 0 Å². The number of hydrogen-bond acceptors (Lipinski definition) is 3. The zero-order valence-electron chi connectivity index (χ0n) is 21.3. The molecule has 0 radical (unpaired) electrons. The number of halogens is 6. The van der Waals surface area contributed by atoms with Crippen LogP contribution >= 0.6 is 0 Å². The van der Waals surface area contributed by atoms with E-state index in [9.17, 15) is 42.1 Å². The van der Waals surface area contributed by atoms with Gasteiger partial charge in [-0.15, -0.1) is 0 Å². The zero-order valence-corrected chi connectivity index (χ0v) is 21.3. The minimum absolute atomic E-state index is 0.196. The molecular weight excluding hydrogens is 552 g/mol. The first kappa shape index (κ1) is 29.1. The molecule has 9 heteroatoms. The molecular formula is C33H15F6N3. The van der Waals surface area contributed by atoms with Gasteiger partial charge in [-0.3, -0.25) is 0 Å². The lowest BCUT2D eigenvalue weighted by molar-refractivity contribution is 0.580. The summed E-state index contributed by atoms with van der Waals surface area (Å²) < 4.78 is 83.6. The van der Waals surface area contributed by atoms with E-state index < -0.39 is 34.9 Å². The Kier molecular flexibility index (Phi) is 8.71. The van der Waals surface area contributed by atoms with Crippen LogP contribution in [0.15, 0.2) is 72.8 Å². The van der Waals surface area contributed by atoms with E-state index in [0.29, 0.717) is 18.2 Å². The largest absolute Gasteiger partial charge is 0.207 e. The predicted octanol–water partition coefficient (Wildman–Crippen LogP) is 8.71. The molecule has 0 heterocycles. The number of allylic oxidation sites excluding steroid dienone is 3. The van der Waals surface area contributed by atoms with Crippen LogP contribution in [0.3, 0.4) is 0 Å². The van der Waals surface area contributed by atoms with Crippen LogP contribution in [0.5, 0.6) is 0 Å². The molecule has 0 saturated carbocycles. The van der Waals surface area contributed by atoms with Crippen LogP contribution in [-0.4, -0.2) is 0 Å². The molecule has 0 amide bonds. The van der Waals surface area contributed by atoms with E-state index in [-0.39, 0.29) is 50.1 Å². The second-order valence-electron chi connectivity index (χ2n) is 8.81. The molecule has 0 aliphatic carbocycles. The third-order valence-electron chi connectivity index (χ3n) is 5.96. The molecule has 0 spiro atoms. The summed E-state index contributed by atoms with van der Waals surface area (Å²) in [6, 6.07) is 17.9. The standard InChI is InChI=1S/C33H15F6N3/c34-25-1-4-28(31(37)13-25)22(16-40)10-19-7-20(11-23(17-41)29-5-2-26(35)14-32(29)38)9-21(8-19)12-24(18-42)30-6-3-27(36)15-33(30)39/h1-15H/b22-10+,23-11+,24-12+. The third-order valence-corrected chi connectivity index (χ3v) is 5.96. The maximum atomic E-state index is 14.4. The van der Waals surface area contributed by atoms with Gasteiger partial charge >= 0.3 is 0 Å². The van der Waals surface area contributed by atoms with E-state index in [1.165, 1.54) is 36.4 Å². The molecule has 0 aliphatic heterocycles. The van der Waals surface area contributed by atoms with E-state index in [1.807, 2.05) is 18.2 Å². The summed E-state index contributed by atoms with van der Waals surface area (Å²) in [6.45, 7) is 0. The Bertz CT molecular complexity index is 1700. The molecule has 0 unspecified atom stereocenters. The highest BCUT2D eigenvalue weighted by Gasteiger charge is 2.13. The fraction of sp³-hybridized carbons (Fsp3) is 0. The Morgan fingerprint density at radius 2 is 0.690 bits per heavy atom. The van der Waals surface area contributed by atoms with Gasteiger partial charge in [0.05, 0.1) is 34.9 Å². The molecule has 4 aromatic carbocycles. The summed E-state index contributed by atoms with van der Waals surface area (Å²) in [5, 5.41) is 29.1. The van der Waals surface area contributed by atoms with Crippen molar-refractivity contribution in [2.24, 2.45) is 0 Å². The number of benzene rings is 4. The van der Waals surface area contributed by atoms with Gasteiger partial charge in [-0.05, 0) is 89.5 Å². The van der Waals surface area contributed by atoms with Gasteiger partial charge in [0.2, 0.25) is 0 Å². The highest BCUT2D eigenvalue weighted by molar-refractivity contribution is 5.95. The molecule has 0 aromatic heterocycles. The lowest BCUT2D eigenvalue weighted by atomic mass is 9.96. The molecule has 204 valence electrons. The van der Waals surface area contributed by atoms with Gasteiger partial charge in [0, 0.05) is 34.9 Å². The highest BCUT2D eigenvalue weighted by atomic mass is 19.2. The molecule has 0 fully saturated rings. The Hall–Kier alpha value is -5.85. The maximum absolute atomic E-state index is 14.4. The Labute approximate surface area is 236 Å². The van der Waals surface area contributed by atoms with Gasteiger partial charge in [-0.1, -0.05) is 0 Å². The normalized spacial score (nSPS) is 11.9. The van der Waals surface area contributed by atoms with E-state index in [4.69, 9.17) is 0 Å². The van der Waals surface area contributed by atoms with Gasteiger partial charge in [-0.25, -0.2) is 26.3 Å². The Morgan fingerprint density at radius 1 is 0.429 bits per heavy atom. The predicted molar refractivity (Wildman–Crippen MR) is 146 cm³/mol. The number of rotatable bonds is 6. The average molecular weight is 567 g/mol. The summed E-state index contributed by atoms with van der Waals surface area (Å²) >= 11 is 0. The minimum Gasteiger partial charge on any atom is -0.207 e. The number of nitrogens with zero attached hydrogens (tertiary/aromatic N) is 3. The van der Waals surface area contributed by atoms with Crippen molar-refractivity contribution in [3.63, 3.8) is 0 Å². The molecule has 0 N–H and O–H groups in total. The first-order chi connectivity index (χ1) is 20.1. The van der Waals surface area contributed by atoms with Crippen molar-refractivity contribution < 1.29 is 26.3 Å². The topological polar surface area (TPSA) is 71.4 Å². The molecule has 0 aliphatic rings. The van der Waals surface area contributed by atoms with Crippen LogP contribution < -0.4 is 0 Å². The fourth-order valence-electron chi connectivity index (χ4n) is 4.09. The maximum Gasteiger partial charge on any atom is 0.134 e. The lowest BCUT2D eigenvalue weighted by Crippen LogP contribution is -1.93. The molecule has 4 rings (SSSR count). The van der Waals surface area contributed by atoms with Crippen molar-refractivity contribution in [3.8, 4) is 18.2 Å². The van der Waals surface area contributed by atoms with E-state index in [0.717, 1.165) is 36.4 Å². The van der Waals surface area contributed by atoms with Crippen LogP contribution in [0.4, 0.5) is 26.3 Å². The summed E-state index contributed by atoms with van der Waals surface area (Å²) in [5.74, 6) is -5.50. The second kappa shape index (κ2) is 12.6. The van der Waals surface area contributed by atoms with Gasteiger partial charge in [0.1, 0.15) is 34.9 Å². The smallest absolute Gasteiger partial charge is 0.134 e.